The van der Waals surface area contributed by atoms with E-state index in [0.717, 1.165) is 65.5 Å². The fraction of sp³-hybridized carbons (Fsp3) is 0.280. The monoisotopic (exact) mass is 479 g/mol. The third-order valence-corrected chi connectivity index (χ3v) is 7.77. The molecule has 0 saturated carbocycles. The molecule has 0 bridgehead atoms. The Morgan fingerprint density at radius 3 is 2.64 bits per heavy atom. The van der Waals surface area contributed by atoms with E-state index in [2.05, 4.69) is 16.1 Å². The van der Waals surface area contributed by atoms with Gasteiger partial charge < -0.3 is 15.4 Å². The van der Waals surface area contributed by atoms with Crippen LogP contribution in [0.1, 0.15) is 30.1 Å². The average Bonchev–Trinajstić information content (AvgIpc) is 3.40. The van der Waals surface area contributed by atoms with Crippen molar-refractivity contribution in [3.05, 3.63) is 76.0 Å². The zero-order chi connectivity index (χ0) is 22.7. The van der Waals surface area contributed by atoms with Crippen LogP contribution >= 0.6 is 23.2 Å². The molecule has 4 aromatic rings. The van der Waals surface area contributed by atoms with Gasteiger partial charge in [-0.3, -0.25) is 0 Å². The fourth-order valence-corrected chi connectivity index (χ4v) is 5.60. The number of hydrogen-bond acceptors (Lipinski definition) is 5. The van der Waals surface area contributed by atoms with Crippen molar-refractivity contribution in [2.24, 2.45) is 5.73 Å². The molecule has 2 aliphatic heterocycles. The Morgan fingerprint density at radius 2 is 1.85 bits per heavy atom. The van der Waals surface area contributed by atoms with Crippen molar-refractivity contribution < 1.29 is 4.74 Å². The summed E-state index contributed by atoms with van der Waals surface area (Å²) in [5, 5.41) is 5.60. The van der Waals surface area contributed by atoms with Gasteiger partial charge in [0.25, 0.3) is 0 Å². The van der Waals surface area contributed by atoms with E-state index in [0.29, 0.717) is 10.0 Å². The summed E-state index contributed by atoms with van der Waals surface area (Å²) in [5.41, 5.74) is 10.8. The van der Waals surface area contributed by atoms with Gasteiger partial charge >= 0.3 is 0 Å². The van der Waals surface area contributed by atoms with Crippen molar-refractivity contribution in [3.63, 3.8) is 0 Å². The molecule has 168 valence electrons. The number of aryl methyl sites for hydroxylation is 1. The maximum absolute atomic E-state index is 6.65. The number of nitrogens with zero attached hydrogens (tertiary/aromatic N) is 4. The molecule has 2 N–H and O–H groups in total. The number of ether oxygens (including phenoxy) is 1. The molecule has 1 unspecified atom stereocenters. The summed E-state index contributed by atoms with van der Waals surface area (Å²) < 4.78 is 8.32. The van der Waals surface area contributed by atoms with Gasteiger partial charge in [-0.2, -0.15) is 5.10 Å². The maximum Gasteiger partial charge on any atom is 0.155 e. The van der Waals surface area contributed by atoms with E-state index in [1.54, 1.807) is 12.3 Å². The van der Waals surface area contributed by atoms with Gasteiger partial charge in [0.15, 0.2) is 5.82 Å². The zero-order valence-corrected chi connectivity index (χ0v) is 19.6. The van der Waals surface area contributed by atoms with Crippen molar-refractivity contribution in [1.82, 2.24) is 14.6 Å². The summed E-state index contributed by atoms with van der Waals surface area (Å²) in [6.45, 7) is 3.58. The molecule has 0 amide bonds. The second kappa shape index (κ2) is 7.62. The van der Waals surface area contributed by atoms with Crippen LogP contribution in [0.2, 0.25) is 10.0 Å². The number of para-hydroxylation sites is 1. The number of hydrogen-bond donors (Lipinski definition) is 1. The minimum absolute atomic E-state index is 0.118. The highest BCUT2D eigenvalue weighted by atomic mass is 35.5. The van der Waals surface area contributed by atoms with Crippen molar-refractivity contribution in [2.75, 3.05) is 18.0 Å². The van der Waals surface area contributed by atoms with Gasteiger partial charge in [0.05, 0.1) is 33.7 Å². The van der Waals surface area contributed by atoms with Crippen molar-refractivity contribution in [2.45, 2.75) is 31.4 Å². The van der Waals surface area contributed by atoms with Gasteiger partial charge in [-0.1, -0.05) is 53.5 Å². The van der Waals surface area contributed by atoms with Gasteiger partial charge in [0.1, 0.15) is 16.9 Å². The van der Waals surface area contributed by atoms with Gasteiger partial charge in [-0.05, 0) is 25.1 Å². The van der Waals surface area contributed by atoms with Gasteiger partial charge in [0, 0.05) is 37.1 Å². The molecule has 2 aromatic heterocycles. The molecular formula is C25H23Cl2N5O. The first-order valence-electron chi connectivity index (χ1n) is 11.1. The highest BCUT2D eigenvalue weighted by molar-refractivity contribution is 6.43. The van der Waals surface area contributed by atoms with Crippen LogP contribution in [0.15, 0.2) is 54.7 Å². The Kier molecular flexibility index (Phi) is 4.80. The lowest BCUT2D eigenvalue weighted by atomic mass is 9.83. The van der Waals surface area contributed by atoms with E-state index in [9.17, 15) is 0 Å². The predicted octanol–water partition coefficient (Wildman–Crippen LogP) is 5.44. The number of rotatable bonds is 2. The molecule has 2 aliphatic rings. The molecule has 0 aliphatic carbocycles. The lowest BCUT2D eigenvalue weighted by Gasteiger charge is -2.41. The molecule has 8 heteroatoms. The van der Waals surface area contributed by atoms with Crippen molar-refractivity contribution in [3.8, 4) is 17.0 Å². The minimum atomic E-state index is -0.361. The molecule has 1 atom stereocenters. The van der Waals surface area contributed by atoms with E-state index >= 15 is 0 Å². The zero-order valence-electron chi connectivity index (χ0n) is 18.1. The number of fused-ring (bicyclic) bond motifs is 2. The number of aromatic nitrogens is 3. The summed E-state index contributed by atoms with van der Waals surface area (Å²) in [4.78, 5) is 7.31. The molecule has 6 rings (SSSR count). The highest BCUT2D eigenvalue weighted by Gasteiger charge is 2.48. The summed E-state index contributed by atoms with van der Waals surface area (Å²) in [6.07, 6.45) is 3.44. The number of benzene rings is 2. The van der Waals surface area contributed by atoms with Crippen LogP contribution in [-0.4, -0.2) is 33.3 Å². The predicted molar refractivity (Wildman–Crippen MR) is 131 cm³/mol. The van der Waals surface area contributed by atoms with Crippen LogP contribution in [0.3, 0.4) is 0 Å². The third kappa shape index (κ3) is 3.12. The second-order valence-electron chi connectivity index (χ2n) is 8.77. The van der Waals surface area contributed by atoms with Gasteiger partial charge in [-0.15, -0.1) is 0 Å². The summed E-state index contributed by atoms with van der Waals surface area (Å²) >= 11 is 12.8. The number of halogens is 2. The molecular weight excluding hydrogens is 457 g/mol. The van der Waals surface area contributed by atoms with E-state index in [-0.39, 0.29) is 11.6 Å². The Balaban J connectivity index is 1.34. The van der Waals surface area contributed by atoms with E-state index in [4.69, 9.17) is 38.7 Å². The first-order chi connectivity index (χ1) is 16.0. The minimum Gasteiger partial charge on any atom is -0.485 e. The molecule has 1 saturated heterocycles. The Bertz CT molecular complexity index is 1380. The maximum atomic E-state index is 6.65. The van der Waals surface area contributed by atoms with Crippen LogP contribution in [0.25, 0.3) is 16.8 Å². The Labute approximate surface area is 201 Å². The van der Waals surface area contributed by atoms with Crippen LogP contribution in [-0.2, 0) is 0 Å². The molecule has 2 aromatic carbocycles. The fourth-order valence-electron chi connectivity index (χ4n) is 5.21. The van der Waals surface area contributed by atoms with Gasteiger partial charge in [-0.25, -0.2) is 9.50 Å². The quantitative estimate of drug-likeness (QED) is 0.414. The summed E-state index contributed by atoms with van der Waals surface area (Å²) in [6, 6.07) is 15.6. The van der Waals surface area contributed by atoms with Crippen LogP contribution < -0.4 is 15.4 Å². The molecule has 33 heavy (non-hydrogen) atoms. The van der Waals surface area contributed by atoms with Crippen LogP contribution in [0.5, 0.6) is 5.75 Å². The molecule has 1 spiro atoms. The Hall–Kier alpha value is -2.80. The number of nitrogens with two attached hydrogens (primary N) is 1. The smallest absolute Gasteiger partial charge is 0.155 e. The standard InChI is InChI=1S/C25H23Cl2N5O/c1-15-22(17-6-4-7-18(26)21(17)27)32-19(9-12-29-32)24(30-15)31-13-10-25(11-14-31)23(28)16-5-2-3-8-20(16)33-25/h2-9,12,23H,10-11,13-14,28H2,1H3. The van der Waals surface area contributed by atoms with Gasteiger partial charge in [0.2, 0.25) is 0 Å². The first-order valence-corrected chi connectivity index (χ1v) is 11.8. The van der Waals surface area contributed by atoms with Crippen molar-refractivity contribution in [1.29, 1.82) is 0 Å². The highest BCUT2D eigenvalue weighted by Crippen LogP contribution is 2.47. The van der Waals surface area contributed by atoms with E-state index < -0.39 is 0 Å². The lowest BCUT2D eigenvalue weighted by molar-refractivity contribution is 0.0431. The normalized spacial score (nSPS) is 19.2. The largest absolute Gasteiger partial charge is 0.485 e. The summed E-state index contributed by atoms with van der Waals surface area (Å²) in [5.74, 6) is 1.82. The molecule has 1 fully saturated rings. The second-order valence-corrected chi connectivity index (χ2v) is 9.55. The van der Waals surface area contributed by atoms with Crippen LogP contribution in [0, 0.1) is 6.92 Å². The van der Waals surface area contributed by atoms with Crippen molar-refractivity contribution >= 4 is 34.5 Å². The molecule has 0 radical (unpaired) electrons. The Morgan fingerprint density at radius 1 is 1.06 bits per heavy atom. The van der Waals surface area contributed by atoms with E-state index in [1.807, 2.05) is 47.8 Å². The number of piperidine rings is 1. The SMILES string of the molecule is Cc1nc(N2CCC3(CC2)Oc2ccccc2C3N)c2ccnn2c1-c1cccc(Cl)c1Cl. The summed E-state index contributed by atoms with van der Waals surface area (Å²) in [7, 11) is 0. The van der Waals surface area contributed by atoms with Crippen LogP contribution in [0.4, 0.5) is 5.82 Å². The first kappa shape index (κ1) is 20.8. The molecule has 6 nitrogen and oxygen atoms in total. The topological polar surface area (TPSA) is 68.7 Å². The lowest BCUT2D eigenvalue weighted by Crippen LogP contribution is -2.51. The molecule has 4 heterocycles. The average molecular weight is 480 g/mol. The third-order valence-electron chi connectivity index (χ3n) is 6.95. The number of anilines is 1. The van der Waals surface area contributed by atoms with E-state index in [1.165, 1.54) is 0 Å².